The van der Waals surface area contributed by atoms with Gasteiger partial charge in [0.1, 0.15) is 6.61 Å². The van der Waals surface area contributed by atoms with E-state index < -0.39 is 12.8 Å². The summed E-state index contributed by atoms with van der Waals surface area (Å²) in [4.78, 5) is 2.34. The van der Waals surface area contributed by atoms with Crippen molar-refractivity contribution in [1.82, 2.24) is 10.2 Å². The molecule has 2 aliphatic rings. The molecule has 2 unspecified atom stereocenters. The summed E-state index contributed by atoms with van der Waals surface area (Å²) in [7, 11) is 1.98. The van der Waals surface area contributed by atoms with Crippen LogP contribution in [0.4, 0.5) is 13.2 Å². The van der Waals surface area contributed by atoms with Crippen LogP contribution in [-0.2, 0) is 4.74 Å². The zero-order valence-electron chi connectivity index (χ0n) is 10.7. The summed E-state index contributed by atoms with van der Waals surface area (Å²) in [6.07, 6.45) is 0.334. The minimum atomic E-state index is -4.21. The molecule has 0 saturated carbocycles. The SMILES string of the molecule is CNC1CC2CCC(C1)N2CCOCC(F)(F)F. The molecule has 0 radical (unpaired) electrons. The van der Waals surface area contributed by atoms with E-state index >= 15 is 0 Å². The third-order valence-corrected chi connectivity index (χ3v) is 4.05. The molecule has 2 atom stereocenters. The predicted molar refractivity (Wildman–Crippen MR) is 62.5 cm³/mol. The topological polar surface area (TPSA) is 24.5 Å². The van der Waals surface area contributed by atoms with E-state index in [1.54, 1.807) is 0 Å². The van der Waals surface area contributed by atoms with Gasteiger partial charge in [-0.25, -0.2) is 0 Å². The van der Waals surface area contributed by atoms with Crippen LogP contribution in [0.5, 0.6) is 0 Å². The van der Waals surface area contributed by atoms with Crippen LogP contribution in [0.3, 0.4) is 0 Å². The lowest BCUT2D eigenvalue weighted by Crippen LogP contribution is -2.49. The second kappa shape index (κ2) is 5.75. The van der Waals surface area contributed by atoms with Crippen LogP contribution in [-0.4, -0.2) is 56.0 Å². The van der Waals surface area contributed by atoms with Gasteiger partial charge in [0.2, 0.25) is 0 Å². The first kappa shape index (κ1) is 14.1. The molecule has 0 aromatic heterocycles. The Morgan fingerprint density at radius 1 is 1.22 bits per heavy atom. The van der Waals surface area contributed by atoms with Crippen molar-refractivity contribution in [3.05, 3.63) is 0 Å². The zero-order chi connectivity index (χ0) is 13.2. The van der Waals surface area contributed by atoms with E-state index in [0.717, 1.165) is 12.8 Å². The lowest BCUT2D eigenvalue weighted by atomic mass is 9.97. The van der Waals surface area contributed by atoms with Crippen LogP contribution in [0.15, 0.2) is 0 Å². The lowest BCUT2D eigenvalue weighted by Gasteiger charge is -2.38. The number of ether oxygens (including phenoxy) is 1. The van der Waals surface area contributed by atoms with Gasteiger partial charge >= 0.3 is 6.18 Å². The molecule has 2 bridgehead atoms. The van der Waals surface area contributed by atoms with Crippen molar-refractivity contribution in [2.45, 2.75) is 50.0 Å². The van der Waals surface area contributed by atoms with Crippen LogP contribution < -0.4 is 5.32 Å². The smallest absolute Gasteiger partial charge is 0.371 e. The van der Waals surface area contributed by atoms with Crippen molar-refractivity contribution in [2.24, 2.45) is 0 Å². The molecule has 0 aromatic rings. The van der Waals surface area contributed by atoms with Crippen molar-refractivity contribution in [1.29, 1.82) is 0 Å². The number of halogens is 3. The van der Waals surface area contributed by atoms with Gasteiger partial charge in [-0.1, -0.05) is 0 Å². The predicted octanol–water partition coefficient (Wildman–Crippen LogP) is 1.78. The van der Waals surface area contributed by atoms with E-state index in [4.69, 9.17) is 4.74 Å². The van der Waals surface area contributed by atoms with Crippen molar-refractivity contribution in [3.63, 3.8) is 0 Å². The number of piperidine rings is 1. The third kappa shape index (κ3) is 3.59. The third-order valence-electron chi connectivity index (χ3n) is 4.05. The van der Waals surface area contributed by atoms with Crippen LogP contribution in [0.25, 0.3) is 0 Å². The van der Waals surface area contributed by atoms with Crippen LogP contribution in [0.2, 0.25) is 0 Å². The molecule has 2 rings (SSSR count). The Hall–Kier alpha value is -0.330. The number of hydrogen-bond acceptors (Lipinski definition) is 3. The lowest BCUT2D eigenvalue weighted by molar-refractivity contribution is -0.175. The molecule has 106 valence electrons. The number of nitrogens with one attached hydrogen (secondary N) is 1. The fraction of sp³-hybridized carbons (Fsp3) is 1.00. The normalized spacial score (nSPS) is 33.0. The molecular weight excluding hydrogens is 245 g/mol. The van der Waals surface area contributed by atoms with Crippen molar-refractivity contribution >= 4 is 0 Å². The molecule has 2 heterocycles. The number of alkyl halides is 3. The van der Waals surface area contributed by atoms with Crippen LogP contribution in [0.1, 0.15) is 25.7 Å². The van der Waals surface area contributed by atoms with E-state index in [1.165, 1.54) is 12.8 Å². The Morgan fingerprint density at radius 3 is 2.33 bits per heavy atom. The highest BCUT2D eigenvalue weighted by atomic mass is 19.4. The van der Waals surface area contributed by atoms with Gasteiger partial charge < -0.3 is 10.1 Å². The number of rotatable bonds is 5. The van der Waals surface area contributed by atoms with Gasteiger partial charge in [-0.15, -0.1) is 0 Å². The van der Waals surface area contributed by atoms with Crippen LogP contribution >= 0.6 is 0 Å². The first-order valence-electron chi connectivity index (χ1n) is 6.57. The van der Waals surface area contributed by atoms with Gasteiger partial charge in [-0.05, 0) is 32.7 Å². The Morgan fingerprint density at radius 2 is 1.83 bits per heavy atom. The quantitative estimate of drug-likeness (QED) is 0.768. The summed E-state index contributed by atoms with van der Waals surface area (Å²) < 4.78 is 40.5. The monoisotopic (exact) mass is 266 g/mol. The molecular formula is C12H21F3N2O. The van der Waals surface area contributed by atoms with Crippen molar-refractivity contribution in [3.8, 4) is 0 Å². The Balaban J connectivity index is 1.71. The summed E-state index contributed by atoms with van der Waals surface area (Å²) in [6.45, 7) is -0.326. The second-order valence-corrected chi connectivity index (χ2v) is 5.25. The van der Waals surface area contributed by atoms with Gasteiger partial charge in [-0.3, -0.25) is 4.90 Å². The molecule has 2 saturated heterocycles. The first-order chi connectivity index (χ1) is 8.49. The molecule has 0 aliphatic carbocycles. The molecule has 0 aromatic carbocycles. The molecule has 0 amide bonds. The second-order valence-electron chi connectivity index (χ2n) is 5.25. The minimum Gasteiger partial charge on any atom is -0.371 e. The molecule has 2 fully saturated rings. The Kier molecular flexibility index (Phi) is 4.50. The number of nitrogens with zero attached hydrogens (tertiary/aromatic N) is 1. The average molecular weight is 266 g/mol. The summed E-state index contributed by atoms with van der Waals surface area (Å²) in [5.74, 6) is 0. The highest BCUT2D eigenvalue weighted by molar-refractivity contribution is 4.96. The van der Waals surface area contributed by atoms with Gasteiger partial charge in [0, 0.05) is 24.7 Å². The van der Waals surface area contributed by atoms with E-state index in [-0.39, 0.29) is 6.61 Å². The molecule has 2 aliphatic heterocycles. The summed E-state index contributed by atoms with van der Waals surface area (Å²) in [5, 5.41) is 3.31. The summed E-state index contributed by atoms with van der Waals surface area (Å²) in [6, 6.07) is 1.61. The Labute approximate surface area is 106 Å². The number of hydrogen-bond donors (Lipinski definition) is 1. The Bertz CT molecular complexity index is 259. The maximum atomic E-state index is 11.9. The van der Waals surface area contributed by atoms with Crippen molar-refractivity contribution < 1.29 is 17.9 Å². The highest BCUT2D eigenvalue weighted by Gasteiger charge is 2.39. The summed E-state index contributed by atoms with van der Waals surface area (Å²) in [5.41, 5.74) is 0. The summed E-state index contributed by atoms with van der Waals surface area (Å²) >= 11 is 0. The van der Waals surface area contributed by atoms with E-state index in [0.29, 0.717) is 24.7 Å². The van der Waals surface area contributed by atoms with E-state index in [9.17, 15) is 13.2 Å². The molecule has 3 nitrogen and oxygen atoms in total. The first-order valence-corrected chi connectivity index (χ1v) is 6.57. The van der Waals surface area contributed by atoms with Gasteiger partial charge in [-0.2, -0.15) is 13.2 Å². The molecule has 1 N–H and O–H groups in total. The van der Waals surface area contributed by atoms with Gasteiger partial charge in [0.15, 0.2) is 0 Å². The maximum Gasteiger partial charge on any atom is 0.411 e. The van der Waals surface area contributed by atoms with Gasteiger partial charge in [0.05, 0.1) is 6.61 Å². The fourth-order valence-corrected chi connectivity index (χ4v) is 3.23. The fourth-order valence-electron chi connectivity index (χ4n) is 3.23. The standard InChI is InChI=1S/C12H21F3N2O/c1-16-9-6-10-2-3-11(7-9)17(10)4-5-18-8-12(13,14)15/h9-11,16H,2-8H2,1H3. The highest BCUT2D eigenvalue weighted by Crippen LogP contribution is 2.35. The molecule has 0 spiro atoms. The average Bonchev–Trinajstić information content (AvgIpc) is 2.54. The maximum absolute atomic E-state index is 11.9. The molecule has 18 heavy (non-hydrogen) atoms. The van der Waals surface area contributed by atoms with E-state index in [1.807, 2.05) is 7.05 Å². The van der Waals surface area contributed by atoms with Crippen molar-refractivity contribution in [2.75, 3.05) is 26.8 Å². The van der Waals surface area contributed by atoms with Crippen LogP contribution in [0, 0.1) is 0 Å². The largest absolute Gasteiger partial charge is 0.411 e. The van der Waals surface area contributed by atoms with E-state index in [2.05, 4.69) is 10.2 Å². The number of fused-ring (bicyclic) bond motifs is 2. The molecule has 6 heteroatoms. The minimum absolute atomic E-state index is 0.177. The van der Waals surface area contributed by atoms with Gasteiger partial charge in [0.25, 0.3) is 0 Å². The zero-order valence-corrected chi connectivity index (χ0v) is 10.7.